The fourth-order valence-corrected chi connectivity index (χ4v) is 2.90. The molecule has 1 aliphatic heterocycles. The summed E-state index contributed by atoms with van der Waals surface area (Å²) in [5.41, 5.74) is 2.50. The Morgan fingerprint density at radius 3 is 2.36 bits per heavy atom. The molecule has 1 heterocycles. The minimum absolute atomic E-state index is 0.0606. The number of carbonyl (C=O) groups excluding carboxylic acids is 1. The third-order valence-corrected chi connectivity index (χ3v) is 4.12. The van der Waals surface area contributed by atoms with Crippen molar-refractivity contribution in [2.75, 3.05) is 13.2 Å². The van der Waals surface area contributed by atoms with Gasteiger partial charge in [-0.15, -0.1) is 0 Å². The second-order valence-corrected chi connectivity index (χ2v) is 5.64. The fourth-order valence-electron chi connectivity index (χ4n) is 2.90. The molecule has 2 aromatic carbocycles. The van der Waals surface area contributed by atoms with Gasteiger partial charge in [-0.05, 0) is 30.4 Å². The monoisotopic (exact) mass is 295 g/mol. The molecule has 114 valence electrons. The van der Waals surface area contributed by atoms with Crippen LogP contribution in [-0.4, -0.2) is 24.1 Å². The molecule has 22 heavy (non-hydrogen) atoms. The quantitative estimate of drug-likeness (QED) is 0.747. The third kappa shape index (κ3) is 3.48. The topological polar surface area (TPSA) is 29.5 Å². The number of ether oxygens (including phenoxy) is 1. The molecule has 3 nitrogen and oxygen atoms in total. The molecular formula is C19H21NO2. The van der Waals surface area contributed by atoms with Crippen LogP contribution in [0.3, 0.4) is 0 Å². The number of unbranched alkanes of at least 4 members (excludes halogenated alkanes) is 1. The number of aryl methyl sites for hydroxylation is 1. The first-order valence-corrected chi connectivity index (χ1v) is 7.87. The summed E-state index contributed by atoms with van der Waals surface area (Å²) in [5, 5.41) is 0. The molecular weight excluding hydrogens is 274 g/mol. The lowest BCUT2D eigenvalue weighted by Gasteiger charge is -2.21. The van der Waals surface area contributed by atoms with Gasteiger partial charge in [0.25, 0.3) is 0 Å². The van der Waals surface area contributed by atoms with Gasteiger partial charge >= 0.3 is 6.09 Å². The molecule has 3 heteroatoms. The zero-order valence-electron chi connectivity index (χ0n) is 12.7. The summed E-state index contributed by atoms with van der Waals surface area (Å²) < 4.78 is 5.23. The van der Waals surface area contributed by atoms with Gasteiger partial charge in [-0.1, -0.05) is 60.7 Å². The lowest BCUT2D eigenvalue weighted by molar-refractivity contribution is 0.157. The van der Waals surface area contributed by atoms with Gasteiger partial charge < -0.3 is 4.74 Å². The van der Waals surface area contributed by atoms with Gasteiger partial charge in [-0.25, -0.2) is 4.79 Å². The highest BCUT2D eigenvalue weighted by Gasteiger charge is 2.33. The summed E-state index contributed by atoms with van der Waals surface area (Å²) in [6.07, 6.45) is 2.94. The maximum atomic E-state index is 11.9. The summed E-state index contributed by atoms with van der Waals surface area (Å²) >= 11 is 0. The van der Waals surface area contributed by atoms with Crippen molar-refractivity contribution in [3.05, 3.63) is 71.8 Å². The number of amides is 1. The molecule has 0 saturated carbocycles. The molecule has 0 unspecified atom stereocenters. The molecule has 1 amide bonds. The highest BCUT2D eigenvalue weighted by atomic mass is 16.6. The molecule has 0 radical (unpaired) electrons. The van der Waals surface area contributed by atoms with Crippen LogP contribution in [0.5, 0.6) is 0 Å². The highest BCUT2D eigenvalue weighted by molar-refractivity contribution is 5.70. The lowest BCUT2D eigenvalue weighted by Crippen LogP contribution is -2.28. The fraction of sp³-hybridized carbons (Fsp3) is 0.316. The van der Waals surface area contributed by atoms with E-state index in [1.54, 1.807) is 0 Å². The third-order valence-electron chi connectivity index (χ3n) is 4.12. The van der Waals surface area contributed by atoms with Crippen LogP contribution in [0.1, 0.15) is 30.0 Å². The Balaban J connectivity index is 1.53. The van der Waals surface area contributed by atoms with Crippen molar-refractivity contribution in [3.63, 3.8) is 0 Å². The number of benzene rings is 2. The van der Waals surface area contributed by atoms with Gasteiger partial charge in [0, 0.05) is 6.54 Å². The lowest BCUT2D eigenvalue weighted by atomic mass is 10.1. The first kappa shape index (κ1) is 14.6. The first-order valence-electron chi connectivity index (χ1n) is 7.87. The summed E-state index contributed by atoms with van der Waals surface area (Å²) in [7, 11) is 0. The van der Waals surface area contributed by atoms with Gasteiger partial charge in [-0.2, -0.15) is 0 Å². The van der Waals surface area contributed by atoms with Gasteiger partial charge in [0.05, 0.1) is 6.04 Å². The Kier molecular flexibility index (Phi) is 4.74. The Morgan fingerprint density at radius 1 is 0.955 bits per heavy atom. The largest absolute Gasteiger partial charge is 0.447 e. The second-order valence-electron chi connectivity index (χ2n) is 5.64. The number of hydrogen-bond donors (Lipinski definition) is 0. The average Bonchev–Trinajstić information content (AvgIpc) is 2.94. The Morgan fingerprint density at radius 2 is 1.64 bits per heavy atom. The average molecular weight is 295 g/mol. The van der Waals surface area contributed by atoms with Crippen LogP contribution < -0.4 is 0 Å². The van der Waals surface area contributed by atoms with E-state index < -0.39 is 0 Å². The van der Waals surface area contributed by atoms with Crippen molar-refractivity contribution >= 4 is 6.09 Å². The molecule has 1 fully saturated rings. The van der Waals surface area contributed by atoms with Gasteiger partial charge in [0.2, 0.25) is 0 Å². The minimum atomic E-state index is -0.187. The maximum absolute atomic E-state index is 11.9. The standard InChI is InChI=1S/C19H21NO2/c21-19-20(14-8-7-11-16-9-3-1-4-10-16)18(15-22-19)17-12-5-2-6-13-17/h1-6,9-10,12-13,18H,7-8,11,14-15H2/t18-/m0/s1. The van der Waals surface area contributed by atoms with Gasteiger partial charge in [-0.3, -0.25) is 4.90 Å². The highest BCUT2D eigenvalue weighted by Crippen LogP contribution is 2.27. The minimum Gasteiger partial charge on any atom is -0.447 e. The van der Waals surface area contributed by atoms with Crippen molar-refractivity contribution < 1.29 is 9.53 Å². The van der Waals surface area contributed by atoms with E-state index in [9.17, 15) is 4.79 Å². The SMILES string of the molecule is O=C1OC[C@@H](c2ccccc2)N1CCCCc1ccccc1. The predicted octanol–water partition coefficient (Wildman–Crippen LogP) is 4.20. The van der Waals surface area contributed by atoms with E-state index in [0.29, 0.717) is 6.61 Å². The summed E-state index contributed by atoms with van der Waals surface area (Å²) in [4.78, 5) is 13.8. The van der Waals surface area contributed by atoms with Crippen molar-refractivity contribution in [1.82, 2.24) is 4.90 Å². The van der Waals surface area contributed by atoms with E-state index in [1.165, 1.54) is 5.56 Å². The number of rotatable bonds is 6. The molecule has 3 rings (SSSR count). The molecule has 1 aliphatic rings. The Hall–Kier alpha value is -2.29. The molecule has 1 atom stereocenters. The maximum Gasteiger partial charge on any atom is 0.410 e. The zero-order valence-corrected chi connectivity index (χ0v) is 12.7. The summed E-state index contributed by atoms with van der Waals surface area (Å²) in [6.45, 7) is 1.22. The Bertz CT molecular complexity index is 597. The van der Waals surface area contributed by atoms with E-state index in [-0.39, 0.29) is 12.1 Å². The molecule has 0 spiro atoms. The molecule has 0 aliphatic carbocycles. The van der Waals surface area contributed by atoms with Crippen LogP contribution in [0.15, 0.2) is 60.7 Å². The summed E-state index contributed by atoms with van der Waals surface area (Å²) in [6, 6.07) is 20.7. The molecule has 2 aromatic rings. The van der Waals surface area contributed by atoms with Crippen LogP contribution in [-0.2, 0) is 11.2 Å². The van der Waals surface area contributed by atoms with Crippen LogP contribution in [0, 0.1) is 0 Å². The van der Waals surface area contributed by atoms with Gasteiger partial charge in [0.15, 0.2) is 0 Å². The van der Waals surface area contributed by atoms with Gasteiger partial charge in [0.1, 0.15) is 6.61 Å². The second kappa shape index (κ2) is 7.12. The number of cyclic esters (lactones) is 1. The molecule has 1 saturated heterocycles. The number of nitrogens with zero attached hydrogens (tertiary/aromatic N) is 1. The molecule has 0 aromatic heterocycles. The number of hydrogen-bond acceptors (Lipinski definition) is 2. The molecule has 0 N–H and O–H groups in total. The smallest absolute Gasteiger partial charge is 0.410 e. The van der Waals surface area contributed by atoms with Crippen LogP contribution >= 0.6 is 0 Å². The molecule has 0 bridgehead atoms. The van der Waals surface area contributed by atoms with Crippen molar-refractivity contribution in [2.45, 2.75) is 25.3 Å². The number of carbonyl (C=O) groups is 1. The predicted molar refractivity (Wildman–Crippen MR) is 86.6 cm³/mol. The van der Waals surface area contributed by atoms with Crippen molar-refractivity contribution in [3.8, 4) is 0 Å². The van der Waals surface area contributed by atoms with Crippen molar-refractivity contribution in [1.29, 1.82) is 0 Å². The van der Waals surface area contributed by atoms with E-state index >= 15 is 0 Å². The van der Waals surface area contributed by atoms with E-state index in [1.807, 2.05) is 29.2 Å². The summed E-state index contributed by atoms with van der Waals surface area (Å²) in [5.74, 6) is 0. The van der Waals surface area contributed by atoms with Crippen LogP contribution in [0.2, 0.25) is 0 Å². The zero-order chi connectivity index (χ0) is 15.2. The van der Waals surface area contributed by atoms with Crippen LogP contribution in [0.4, 0.5) is 4.79 Å². The van der Waals surface area contributed by atoms with Crippen molar-refractivity contribution in [2.24, 2.45) is 0 Å². The Labute approximate surface area is 131 Å². The van der Waals surface area contributed by atoms with E-state index in [2.05, 4.69) is 36.4 Å². The van der Waals surface area contributed by atoms with Crippen LogP contribution in [0.25, 0.3) is 0 Å². The van der Waals surface area contributed by atoms with E-state index in [0.717, 1.165) is 31.4 Å². The first-order chi connectivity index (χ1) is 10.8. The normalized spacial score (nSPS) is 17.5. The van der Waals surface area contributed by atoms with E-state index in [4.69, 9.17) is 4.74 Å².